The monoisotopic (exact) mass is 419 g/mol. The minimum absolute atomic E-state index is 0.199. The molecule has 0 aliphatic carbocycles. The first-order valence-electron chi connectivity index (χ1n) is 10.4. The molecule has 1 aliphatic heterocycles. The Morgan fingerprint density at radius 3 is 2.48 bits per heavy atom. The van der Waals surface area contributed by atoms with Crippen LogP contribution in [0.4, 0.5) is 0 Å². The lowest BCUT2D eigenvalue weighted by Gasteiger charge is -2.40. The van der Waals surface area contributed by atoms with Gasteiger partial charge in [-0.1, -0.05) is 45.3 Å². The average molecular weight is 420 g/mol. The smallest absolute Gasteiger partial charge is 0.220 e. The van der Waals surface area contributed by atoms with Gasteiger partial charge in [-0.3, -0.25) is 4.79 Å². The zero-order chi connectivity index (χ0) is 21.8. The fourth-order valence-electron chi connectivity index (χ4n) is 3.00. The predicted octanol–water partition coefficient (Wildman–Crippen LogP) is -0.415. The number of allylic oxidation sites excluding steroid dienone is 1. The summed E-state index contributed by atoms with van der Waals surface area (Å²) in [6.45, 7) is 3.05. The maximum absolute atomic E-state index is 11.8. The summed E-state index contributed by atoms with van der Waals surface area (Å²) in [6, 6.07) is -0.790. The average Bonchev–Trinajstić information content (AvgIpc) is 2.72. The molecule has 0 aromatic heterocycles. The molecule has 0 aromatic carbocycles. The number of unbranched alkanes of at least 4 members (excludes halogenated alkanes) is 4. The van der Waals surface area contributed by atoms with Gasteiger partial charge in [0.2, 0.25) is 5.91 Å². The van der Waals surface area contributed by atoms with E-state index in [1.165, 1.54) is 6.42 Å². The number of amides is 1. The minimum atomic E-state index is -1.55. The van der Waals surface area contributed by atoms with Crippen LogP contribution in [-0.4, -0.2) is 87.5 Å². The Morgan fingerprint density at radius 2 is 1.86 bits per heavy atom. The Balaban J connectivity index is 2.65. The van der Waals surface area contributed by atoms with E-state index in [0.717, 1.165) is 25.7 Å². The Hall–Kier alpha value is -1.07. The van der Waals surface area contributed by atoms with Gasteiger partial charge in [-0.15, -0.1) is 0 Å². The second-order valence-electron chi connectivity index (χ2n) is 7.33. The summed E-state index contributed by atoms with van der Waals surface area (Å²) in [5, 5.41) is 52.0. The van der Waals surface area contributed by atoms with Crippen molar-refractivity contribution in [3.8, 4) is 0 Å². The maximum atomic E-state index is 11.8. The van der Waals surface area contributed by atoms with E-state index >= 15 is 0 Å². The van der Waals surface area contributed by atoms with E-state index in [1.54, 1.807) is 13.0 Å². The molecule has 0 radical (unpaired) electrons. The van der Waals surface area contributed by atoms with Crippen LogP contribution in [0.5, 0.6) is 0 Å². The van der Waals surface area contributed by atoms with Gasteiger partial charge in [0.15, 0.2) is 6.29 Å². The van der Waals surface area contributed by atoms with Gasteiger partial charge in [0.05, 0.1) is 25.4 Å². The van der Waals surface area contributed by atoms with Crippen LogP contribution in [0, 0.1) is 0 Å². The van der Waals surface area contributed by atoms with Gasteiger partial charge in [0, 0.05) is 6.42 Å². The van der Waals surface area contributed by atoms with E-state index in [-0.39, 0.29) is 18.9 Å². The Bertz CT molecular complexity index is 487. The van der Waals surface area contributed by atoms with Crippen molar-refractivity contribution in [3.63, 3.8) is 0 Å². The maximum Gasteiger partial charge on any atom is 0.220 e. The summed E-state index contributed by atoms with van der Waals surface area (Å²) in [6.07, 6.45) is 0.957. The van der Waals surface area contributed by atoms with E-state index in [4.69, 9.17) is 9.47 Å². The van der Waals surface area contributed by atoms with Crippen LogP contribution in [0.3, 0.4) is 0 Å². The van der Waals surface area contributed by atoms with Gasteiger partial charge in [-0.2, -0.15) is 0 Å². The van der Waals surface area contributed by atoms with Crippen LogP contribution >= 0.6 is 0 Å². The number of ether oxygens (including phenoxy) is 2. The molecule has 0 aromatic rings. The lowest BCUT2D eigenvalue weighted by Crippen LogP contribution is -2.60. The summed E-state index contributed by atoms with van der Waals surface area (Å²) >= 11 is 0. The minimum Gasteiger partial charge on any atom is -0.394 e. The van der Waals surface area contributed by atoms with Crippen LogP contribution < -0.4 is 5.32 Å². The largest absolute Gasteiger partial charge is 0.394 e. The van der Waals surface area contributed by atoms with E-state index in [2.05, 4.69) is 12.2 Å². The molecule has 1 fully saturated rings. The second-order valence-corrected chi connectivity index (χ2v) is 7.33. The molecule has 1 saturated heterocycles. The summed E-state index contributed by atoms with van der Waals surface area (Å²) in [5.41, 5.74) is 0. The highest BCUT2D eigenvalue weighted by Gasteiger charge is 2.44. The molecule has 0 spiro atoms. The van der Waals surface area contributed by atoms with E-state index in [0.29, 0.717) is 0 Å². The van der Waals surface area contributed by atoms with Crippen LogP contribution in [0.15, 0.2) is 12.2 Å². The highest BCUT2D eigenvalue weighted by molar-refractivity contribution is 5.75. The quantitative estimate of drug-likeness (QED) is 0.174. The molecule has 29 heavy (non-hydrogen) atoms. The van der Waals surface area contributed by atoms with E-state index in [9.17, 15) is 30.3 Å². The molecule has 7 atom stereocenters. The normalized spacial score (nSPS) is 29.7. The van der Waals surface area contributed by atoms with Gasteiger partial charge >= 0.3 is 0 Å². The number of carbonyl (C=O) groups excluding carboxylic acids is 1. The molecule has 9 nitrogen and oxygen atoms in total. The third kappa shape index (κ3) is 8.67. The molecule has 9 heteroatoms. The van der Waals surface area contributed by atoms with Crippen molar-refractivity contribution < 1.29 is 39.8 Å². The highest BCUT2D eigenvalue weighted by atomic mass is 16.7. The van der Waals surface area contributed by atoms with Crippen molar-refractivity contribution in [2.45, 2.75) is 95.2 Å². The first kappa shape index (κ1) is 26.0. The standard InChI is InChI=1S/C20H37NO8/c1-3-5-6-7-8-9-10-14(23)13(21-16(24)4-2)12-28-20-19(27)18(26)17(25)15(11-22)29-20/h9-10,13-15,17-20,22-23,25-27H,3-8,11-12H2,1-2H3,(H,21,24)/b10-9+. The third-order valence-electron chi connectivity index (χ3n) is 4.93. The van der Waals surface area contributed by atoms with Gasteiger partial charge in [-0.25, -0.2) is 0 Å². The molecule has 7 unspecified atom stereocenters. The van der Waals surface area contributed by atoms with Crippen molar-refractivity contribution in [2.75, 3.05) is 13.2 Å². The van der Waals surface area contributed by atoms with Crippen LogP contribution in [-0.2, 0) is 14.3 Å². The molecular weight excluding hydrogens is 382 g/mol. The number of nitrogens with one attached hydrogen (secondary N) is 1. The predicted molar refractivity (Wildman–Crippen MR) is 106 cm³/mol. The SMILES string of the molecule is CCCCCC/C=C/C(O)C(COC1OC(CO)C(O)C(O)C1O)NC(=O)CC. The first-order chi connectivity index (χ1) is 13.8. The topological polar surface area (TPSA) is 149 Å². The molecule has 170 valence electrons. The molecule has 0 saturated carbocycles. The summed E-state index contributed by atoms with van der Waals surface area (Å²) in [4.78, 5) is 11.8. The van der Waals surface area contributed by atoms with Gasteiger partial charge in [0.25, 0.3) is 0 Å². The van der Waals surface area contributed by atoms with Crippen molar-refractivity contribution in [1.29, 1.82) is 0 Å². The summed E-state index contributed by atoms with van der Waals surface area (Å²) in [5.74, 6) is -0.275. The lowest BCUT2D eigenvalue weighted by molar-refractivity contribution is -0.302. The fraction of sp³-hybridized carbons (Fsp3) is 0.850. The number of rotatable bonds is 13. The van der Waals surface area contributed by atoms with Gasteiger partial charge in [0.1, 0.15) is 24.4 Å². The molecular formula is C20H37NO8. The zero-order valence-corrected chi connectivity index (χ0v) is 17.3. The second kappa shape index (κ2) is 14.0. The molecule has 1 rings (SSSR count). The molecule has 1 heterocycles. The van der Waals surface area contributed by atoms with Crippen molar-refractivity contribution in [1.82, 2.24) is 5.32 Å². The van der Waals surface area contributed by atoms with Crippen molar-refractivity contribution >= 4 is 5.91 Å². The molecule has 0 bridgehead atoms. The Labute approximate surface area is 172 Å². The van der Waals surface area contributed by atoms with Gasteiger partial charge < -0.3 is 40.3 Å². The number of carbonyl (C=O) groups is 1. The van der Waals surface area contributed by atoms with Crippen LogP contribution in [0.1, 0.15) is 52.4 Å². The molecule has 1 amide bonds. The van der Waals surface area contributed by atoms with Crippen LogP contribution in [0.2, 0.25) is 0 Å². The Morgan fingerprint density at radius 1 is 1.14 bits per heavy atom. The number of hydrogen-bond donors (Lipinski definition) is 6. The molecule has 6 N–H and O–H groups in total. The fourth-order valence-corrected chi connectivity index (χ4v) is 3.00. The third-order valence-corrected chi connectivity index (χ3v) is 4.93. The van der Waals surface area contributed by atoms with Crippen molar-refractivity contribution in [3.05, 3.63) is 12.2 Å². The van der Waals surface area contributed by atoms with Crippen molar-refractivity contribution in [2.24, 2.45) is 0 Å². The zero-order valence-electron chi connectivity index (χ0n) is 17.3. The number of aliphatic hydroxyl groups excluding tert-OH is 5. The highest BCUT2D eigenvalue weighted by Crippen LogP contribution is 2.22. The van der Waals surface area contributed by atoms with Crippen LogP contribution in [0.25, 0.3) is 0 Å². The number of aliphatic hydroxyl groups is 5. The first-order valence-corrected chi connectivity index (χ1v) is 10.4. The molecule has 1 aliphatic rings. The van der Waals surface area contributed by atoms with Gasteiger partial charge in [-0.05, 0) is 12.8 Å². The van der Waals surface area contributed by atoms with E-state index in [1.807, 2.05) is 6.08 Å². The van der Waals surface area contributed by atoms with E-state index < -0.39 is 49.5 Å². The lowest BCUT2D eigenvalue weighted by atomic mass is 9.99. The number of hydrogen-bond acceptors (Lipinski definition) is 8. The Kier molecular flexibility index (Phi) is 12.6. The summed E-state index contributed by atoms with van der Waals surface area (Å²) < 4.78 is 10.8. The summed E-state index contributed by atoms with van der Waals surface area (Å²) in [7, 11) is 0.